The van der Waals surface area contributed by atoms with Gasteiger partial charge in [0, 0.05) is 12.0 Å². The van der Waals surface area contributed by atoms with E-state index in [1.165, 1.54) is 6.08 Å². The second kappa shape index (κ2) is 4.74. The molecule has 1 atom stereocenters. The van der Waals surface area contributed by atoms with Crippen LogP contribution in [-0.2, 0) is 14.3 Å². The molecule has 0 bridgehead atoms. The van der Waals surface area contributed by atoms with Gasteiger partial charge in [0.15, 0.2) is 5.78 Å². The van der Waals surface area contributed by atoms with Crippen molar-refractivity contribution in [1.29, 1.82) is 0 Å². The van der Waals surface area contributed by atoms with Crippen LogP contribution in [0.5, 0.6) is 0 Å². The fourth-order valence-electron chi connectivity index (χ4n) is 1.50. The van der Waals surface area contributed by atoms with Crippen molar-refractivity contribution < 1.29 is 14.3 Å². The Morgan fingerprint density at radius 1 is 1.79 bits per heavy atom. The summed E-state index contributed by atoms with van der Waals surface area (Å²) in [6.07, 6.45) is 4.48. The Balaban J connectivity index is 2.76. The molecule has 1 rings (SSSR count). The number of allylic oxidation sites excluding steroid dienone is 1. The fraction of sp³-hybridized carbons (Fsp3) is 0.455. The quantitative estimate of drug-likeness (QED) is 0.504. The average molecular weight is 194 g/mol. The average Bonchev–Trinajstić information content (AvgIpc) is 2.54. The Morgan fingerprint density at radius 2 is 2.50 bits per heavy atom. The van der Waals surface area contributed by atoms with Crippen LogP contribution in [-0.4, -0.2) is 18.4 Å². The fourth-order valence-corrected chi connectivity index (χ4v) is 1.50. The van der Waals surface area contributed by atoms with Crippen molar-refractivity contribution in [3.8, 4) is 0 Å². The molecule has 1 aliphatic rings. The molecule has 3 heteroatoms. The van der Waals surface area contributed by atoms with E-state index in [4.69, 9.17) is 4.74 Å². The molecule has 14 heavy (non-hydrogen) atoms. The lowest BCUT2D eigenvalue weighted by molar-refractivity contribution is -0.145. The van der Waals surface area contributed by atoms with Crippen LogP contribution in [0.1, 0.15) is 19.8 Å². The maximum absolute atomic E-state index is 11.4. The highest BCUT2D eigenvalue weighted by Gasteiger charge is 2.28. The van der Waals surface area contributed by atoms with E-state index in [2.05, 4.69) is 6.58 Å². The van der Waals surface area contributed by atoms with Gasteiger partial charge in [-0.2, -0.15) is 0 Å². The first kappa shape index (κ1) is 10.7. The van der Waals surface area contributed by atoms with Gasteiger partial charge in [-0.15, -0.1) is 6.58 Å². The van der Waals surface area contributed by atoms with E-state index in [0.717, 1.165) is 6.42 Å². The van der Waals surface area contributed by atoms with Crippen LogP contribution >= 0.6 is 0 Å². The summed E-state index contributed by atoms with van der Waals surface area (Å²) in [6.45, 7) is 5.61. The summed E-state index contributed by atoms with van der Waals surface area (Å²) in [5, 5.41) is 0. The van der Waals surface area contributed by atoms with Crippen LogP contribution in [0.3, 0.4) is 0 Å². The molecule has 0 saturated heterocycles. The first-order valence-electron chi connectivity index (χ1n) is 4.73. The molecule has 0 aromatic heterocycles. The van der Waals surface area contributed by atoms with E-state index in [1.54, 1.807) is 13.0 Å². The van der Waals surface area contributed by atoms with Gasteiger partial charge in [-0.1, -0.05) is 12.2 Å². The molecule has 0 amide bonds. The van der Waals surface area contributed by atoms with Crippen molar-refractivity contribution >= 4 is 11.8 Å². The topological polar surface area (TPSA) is 43.4 Å². The summed E-state index contributed by atoms with van der Waals surface area (Å²) in [7, 11) is 0. The molecule has 3 nitrogen and oxygen atoms in total. The van der Waals surface area contributed by atoms with E-state index in [-0.39, 0.29) is 11.8 Å². The third-order valence-corrected chi connectivity index (χ3v) is 2.17. The minimum atomic E-state index is -0.579. The summed E-state index contributed by atoms with van der Waals surface area (Å²) >= 11 is 0. The number of hydrogen-bond acceptors (Lipinski definition) is 3. The third-order valence-electron chi connectivity index (χ3n) is 2.17. The standard InChI is InChI=1S/C11H14O3/c1-3-8(11(13)14-4-2)9-6-5-7-10(9)12/h3,6,8H,1,4-5,7H2,2H3. The summed E-state index contributed by atoms with van der Waals surface area (Å²) in [4.78, 5) is 22.8. The third kappa shape index (κ3) is 2.10. The summed E-state index contributed by atoms with van der Waals surface area (Å²) in [5.41, 5.74) is 0.540. The lowest BCUT2D eigenvalue weighted by atomic mass is 9.98. The van der Waals surface area contributed by atoms with Crippen molar-refractivity contribution in [2.75, 3.05) is 6.61 Å². The highest BCUT2D eigenvalue weighted by molar-refractivity contribution is 6.03. The molecular formula is C11H14O3. The summed E-state index contributed by atoms with van der Waals surface area (Å²) in [5.74, 6) is -0.933. The number of rotatable bonds is 4. The lowest BCUT2D eigenvalue weighted by Crippen LogP contribution is -2.20. The van der Waals surface area contributed by atoms with E-state index in [0.29, 0.717) is 18.6 Å². The molecule has 1 unspecified atom stereocenters. The number of ether oxygens (including phenoxy) is 1. The molecule has 0 aromatic rings. The normalized spacial score (nSPS) is 17.5. The molecule has 76 valence electrons. The summed E-state index contributed by atoms with van der Waals surface area (Å²) < 4.78 is 4.85. The van der Waals surface area contributed by atoms with Gasteiger partial charge in [-0.05, 0) is 13.3 Å². The first-order valence-corrected chi connectivity index (χ1v) is 4.73. The molecule has 0 aromatic carbocycles. The van der Waals surface area contributed by atoms with E-state index >= 15 is 0 Å². The summed E-state index contributed by atoms with van der Waals surface area (Å²) in [6, 6.07) is 0. The van der Waals surface area contributed by atoms with Gasteiger partial charge in [0.2, 0.25) is 0 Å². The first-order chi connectivity index (χ1) is 6.70. The van der Waals surface area contributed by atoms with Crippen LogP contribution in [0.25, 0.3) is 0 Å². The van der Waals surface area contributed by atoms with Gasteiger partial charge in [-0.25, -0.2) is 0 Å². The zero-order valence-electron chi connectivity index (χ0n) is 8.29. The predicted molar refractivity (Wildman–Crippen MR) is 52.6 cm³/mol. The predicted octanol–water partition coefficient (Wildman–Crippen LogP) is 1.64. The smallest absolute Gasteiger partial charge is 0.317 e. The molecule has 0 heterocycles. The van der Waals surface area contributed by atoms with Crippen LogP contribution in [0.15, 0.2) is 24.3 Å². The minimum Gasteiger partial charge on any atom is -0.465 e. The van der Waals surface area contributed by atoms with Crippen molar-refractivity contribution in [3.05, 3.63) is 24.3 Å². The molecule has 0 radical (unpaired) electrons. The Morgan fingerprint density at radius 3 is 2.93 bits per heavy atom. The number of carbonyl (C=O) groups is 2. The molecule has 1 aliphatic carbocycles. The van der Waals surface area contributed by atoms with Crippen LogP contribution in [0.4, 0.5) is 0 Å². The zero-order chi connectivity index (χ0) is 10.6. The van der Waals surface area contributed by atoms with E-state index < -0.39 is 5.92 Å². The molecule has 0 spiro atoms. The van der Waals surface area contributed by atoms with Crippen molar-refractivity contribution in [1.82, 2.24) is 0 Å². The number of ketones is 1. The highest BCUT2D eigenvalue weighted by Crippen LogP contribution is 2.23. The second-order valence-electron chi connectivity index (χ2n) is 3.09. The lowest BCUT2D eigenvalue weighted by Gasteiger charge is -2.11. The van der Waals surface area contributed by atoms with E-state index in [1.807, 2.05) is 0 Å². The molecule has 0 fully saturated rings. The molecule has 0 aliphatic heterocycles. The molecular weight excluding hydrogens is 180 g/mol. The van der Waals surface area contributed by atoms with Gasteiger partial charge in [0.1, 0.15) is 5.92 Å². The monoisotopic (exact) mass is 194 g/mol. The number of carbonyl (C=O) groups excluding carboxylic acids is 2. The Hall–Kier alpha value is -1.38. The van der Waals surface area contributed by atoms with Gasteiger partial charge < -0.3 is 4.74 Å². The van der Waals surface area contributed by atoms with Crippen molar-refractivity contribution in [3.63, 3.8) is 0 Å². The number of hydrogen-bond donors (Lipinski definition) is 0. The van der Waals surface area contributed by atoms with Gasteiger partial charge in [0.25, 0.3) is 0 Å². The van der Waals surface area contributed by atoms with E-state index in [9.17, 15) is 9.59 Å². The van der Waals surface area contributed by atoms with Gasteiger partial charge in [-0.3, -0.25) is 9.59 Å². The zero-order valence-corrected chi connectivity index (χ0v) is 8.29. The number of esters is 1. The minimum absolute atomic E-state index is 0.0305. The van der Waals surface area contributed by atoms with Gasteiger partial charge in [0.05, 0.1) is 6.61 Å². The second-order valence-corrected chi connectivity index (χ2v) is 3.09. The Labute approximate surface area is 83.4 Å². The maximum atomic E-state index is 11.4. The Kier molecular flexibility index (Phi) is 3.63. The van der Waals surface area contributed by atoms with Crippen LogP contribution < -0.4 is 0 Å². The largest absolute Gasteiger partial charge is 0.465 e. The molecule has 0 N–H and O–H groups in total. The Bertz CT molecular complexity index is 289. The molecule has 0 saturated carbocycles. The highest BCUT2D eigenvalue weighted by atomic mass is 16.5. The SMILES string of the molecule is C=CC(C(=O)OCC)C1=CCCC1=O. The van der Waals surface area contributed by atoms with Crippen molar-refractivity contribution in [2.45, 2.75) is 19.8 Å². The van der Waals surface area contributed by atoms with Crippen molar-refractivity contribution in [2.24, 2.45) is 5.92 Å². The maximum Gasteiger partial charge on any atom is 0.317 e. The van der Waals surface area contributed by atoms with Crippen LogP contribution in [0, 0.1) is 5.92 Å². The van der Waals surface area contributed by atoms with Crippen LogP contribution in [0.2, 0.25) is 0 Å². The number of Topliss-reactive ketones (excluding diaryl/α,β-unsaturated/α-hetero) is 1. The van der Waals surface area contributed by atoms with Gasteiger partial charge >= 0.3 is 5.97 Å².